The average Bonchev–Trinajstić information content (AvgIpc) is 3.20. The van der Waals surface area contributed by atoms with Crippen molar-refractivity contribution < 1.29 is 18.7 Å². The molecule has 23 heavy (non-hydrogen) atoms. The van der Waals surface area contributed by atoms with Gasteiger partial charge >= 0.3 is 0 Å². The summed E-state index contributed by atoms with van der Waals surface area (Å²) < 4.78 is 16.2. The number of nitrogens with one attached hydrogen (secondary N) is 1. The zero-order valence-corrected chi connectivity index (χ0v) is 12.4. The van der Waals surface area contributed by atoms with Gasteiger partial charge in [0.2, 0.25) is 12.7 Å². The van der Waals surface area contributed by atoms with Crippen LogP contribution in [0.15, 0.2) is 46.9 Å². The number of carbonyl (C=O) groups is 1. The fourth-order valence-electron chi connectivity index (χ4n) is 2.45. The summed E-state index contributed by atoms with van der Waals surface area (Å²) in [5.41, 5.74) is 1.97. The molecule has 1 N–H and O–H groups in total. The second-order valence-electron chi connectivity index (χ2n) is 5.28. The van der Waals surface area contributed by atoms with Crippen LogP contribution in [0.3, 0.4) is 0 Å². The maximum absolute atomic E-state index is 12.4. The van der Waals surface area contributed by atoms with Crippen LogP contribution in [-0.4, -0.2) is 17.7 Å². The van der Waals surface area contributed by atoms with Gasteiger partial charge in [-0.2, -0.15) is 0 Å². The second-order valence-corrected chi connectivity index (χ2v) is 5.28. The molecule has 0 spiro atoms. The highest BCUT2D eigenvalue weighted by molar-refractivity contribution is 5.95. The number of carbonyl (C=O) groups excluding carboxylic acids is 1. The monoisotopic (exact) mass is 310 g/mol. The maximum Gasteiger partial charge on any atom is 0.252 e. The Morgan fingerprint density at radius 3 is 2.87 bits per heavy atom. The molecule has 4 rings (SSSR count). The minimum absolute atomic E-state index is 0.180. The van der Waals surface area contributed by atoms with E-state index in [0.717, 1.165) is 5.52 Å². The average molecular weight is 310 g/mol. The Morgan fingerprint density at radius 1 is 1.17 bits per heavy atom. The van der Waals surface area contributed by atoms with Gasteiger partial charge in [-0.25, -0.2) is 4.98 Å². The van der Waals surface area contributed by atoms with Crippen LogP contribution in [0.1, 0.15) is 29.2 Å². The molecule has 6 heteroatoms. The van der Waals surface area contributed by atoms with E-state index in [1.165, 1.54) is 0 Å². The minimum atomic E-state index is -0.347. The van der Waals surface area contributed by atoms with E-state index in [4.69, 9.17) is 13.9 Å². The lowest BCUT2D eigenvalue weighted by Gasteiger charge is -2.10. The van der Waals surface area contributed by atoms with Gasteiger partial charge in [-0.15, -0.1) is 0 Å². The molecule has 0 bridgehead atoms. The van der Waals surface area contributed by atoms with Gasteiger partial charge in [0.1, 0.15) is 11.6 Å². The molecule has 1 aromatic heterocycles. The quantitative estimate of drug-likeness (QED) is 0.805. The second kappa shape index (κ2) is 5.31. The standard InChI is InChI=1S/C17H14N2O4/c1-10(17-19-12-4-2-3-5-13(12)23-17)18-16(20)11-6-7-14-15(8-11)22-9-21-14/h2-8,10H,9H2,1H3,(H,18,20). The van der Waals surface area contributed by atoms with E-state index < -0.39 is 0 Å². The molecule has 1 atom stereocenters. The van der Waals surface area contributed by atoms with Crippen LogP contribution in [0.2, 0.25) is 0 Å². The molecular formula is C17H14N2O4. The maximum atomic E-state index is 12.4. The summed E-state index contributed by atoms with van der Waals surface area (Å²) in [6.07, 6.45) is 0. The van der Waals surface area contributed by atoms with Crippen molar-refractivity contribution in [2.24, 2.45) is 0 Å². The SMILES string of the molecule is CC(NC(=O)c1ccc2c(c1)OCO2)c1nc2ccccc2o1. The fourth-order valence-corrected chi connectivity index (χ4v) is 2.45. The van der Waals surface area contributed by atoms with Gasteiger partial charge < -0.3 is 19.2 Å². The highest BCUT2D eigenvalue weighted by Gasteiger charge is 2.19. The van der Waals surface area contributed by atoms with Crippen LogP contribution < -0.4 is 14.8 Å². The minimum Gasteiger partial charge on any atom is -0.454 e. The number of aromatic nitrogens is 1. The molecule has 116 valence electrons. The molecule has 1 unspecified atom stereocenters. The summed E-state index contributed by atoms with van der Waals surface area (Å²) in [6, 6.07) is 12.2. The van der Waals surface area contributed by atoms with E-state index in [0.29, 0.717) is 28.5 Å². The zero-order valence-electron chi connectivity index (χ0n) is 12.4. The van der Waals surface area contributed by atoms with E-state index in [1.54, 1.807) is 18.2 Å². The smallest absolute Gasteiger partial charge is 0.252 e. The first-order chi connectivity index (χ1) is 11.2. The van der Waals surface area contributed by atoms with Crippen molar-refractivity contribution in [3.63, 3.8) is 0 Å². The van der Waals surface area contributed by atoms with Crippen LogP contribution >= 0.6 is 0 Å². The molecule has 0 aliphatic carbocycles. The highest BCUT2D eigenvalue weighted by Crippen LogP contribution is 2.32. The molecule has 3 aromatic rings. The molecule has 0 saturated heterocycles. The molecule has 2 heterocycles. The third-order valence-electron chi connectivity index (χ3n) is 3.66. The van der Waals surface area contributed by atoms with Crippen LogP contribution in [0.4, 0.5) is 0 Å². The molecule has 6 nitrogen and oxygen atoms in total. The zero-order chi connectivity index (χ0) is 15.8. The van der Waals surface area contributed by atoms with Gasteiger partial charge in [0.05, 0.1) is 0 Å². The van der Waals surface area contributed by atoms with Crippen LogP contribution in [0.5, 0.6) is 11.5 Å². The number of oxazole rings is 1. The Morgan fingerprint density at radius 2 is 2.00 bits per heavy atom. The molecule has 0 saturated carbocycles. The van der Waals surface area contributed by atoms with E-state index >= 15 is 0 Å². The molecule has 2 aromatic carbocycles. The van der Waals surface area contributed by atoms with Crippen molar-refractivity contribution >= 4 is 17.0 Å². The largest absolute Gasteiger partial charge is 0.454 e. The number of hydrogen-bond donors (Lipinski definition) is 1. The predicted molar refractivity (Wildman–Crippen MR) is 82.5 cm³/mol. The lowest BCUT2D eigenvalue weighted by Crippen LogP contribution is -2.26. The normalized spacial score (nSPS) is 14.0. The van der Waals surface area contributed by atoms with Crippen LogP contribution in [-0.2, 0) is 0 Å². The lowest BCUT2D eigenvalue weighted by molar-refractivity contribution is 0.0934. The van der Waals surface area contributed by atoms with E-state index in [1.807, 2.05) is 31.2 Å². The molecule has 0 fully saturated rings. The number of rotatable bonds is 3. The van der Waals surface area contributed by atoms with Gasteiger partial charge in [-0.1, -0.05) is 12.1 Å². The topological polar surface area (TPSA) is 73.6 Å². The van der Waals surface area contributed by atoms with Crippen molar-refractivity contribution in [2.75, 3.05) is 6.79 Å². The number of nitrogens with zero attached hydrogens (tertiary/aromatic N) is 1. The third kappa shape index (κ3) is 2.48. The van der Waals surface area contributed by atoms with E-state index in [9.17, 15) is 4.79 Å². The molecule has 1 aliphatic rings. The van der Waals surface area contributed by atoms with E-state index in [-0.39, 0.29) is 18.7 Å². The van der Waals surface area contributed by atoms with Crippen LogP contribution in [0.25, 0.3) is 11.1 Å². The number of fused-ring (bicyclic) bond motifs is 2. The molecule has 1 aliphatic heterocycles. The molecule has 1 amide bonds. The van der Waals surface area contributed by atoms with Crippen LogP contribution in [0, 0.1) is 0 Å². The Labute approximate surface area is 132 Å². The van der Waals surface area contributed by atoms with Gasteiger partial charge in [0.25, 0.3) is 5.91 Å². The van der Waals surface area contributed by atoms with Gasteiger partial charge in [-0.3, -0.25) is 4.79 Å². The third-order valence-corrected chi connectivity index (χ3v) is 3.66. The number of ether oxygens (including phenoxy) is 2. The number of hydrogen-bond acceptors (Lipinski definition) is 5. The van der Waals surface area contributed by atoms with Gasteiger partial charge in [-0.05, 0) is 37.3 Å². The first-order valence-electron chi connectivity index (χ1n) is 7.27. The molecule has 0 radical (unpaired) electrons. The van der Waals surface area contributed by atoms with Crippen molar-refractivity contribution in [3.05, 3.63) is 53.9 Å². The summed E-state index contributed by atoms with van der Waals surface area (Å²) in [4.78, 5) is 16.8. The first-order valence-corrected chi connectivity index (χ1v) is 7.27. The summed E-state index contributed by atoms with van der Waals surface area (Å²) in [6.45, 7) is 2.01. The van der Waals surface area contributed by atoms with Gasteiger partial charge in [0.15, 0.2) is 17.1 Å². The fraction of sp³-hybridized carbons (Fsp3) is 0.176. The summed E-state index contributed by atoms with van der Waals surface area (Å²) >= 11 is 0. The van der Waals surface area contributed by atoms with Crippen molar-refractivity contribution in [1.29, 1.82) is 0 Å². The van der Waals surface area contributed by atoms with Crippen molar-refractivity contribution in [2.45, 2.75) is 13.0 Å². The Hall–Kier alpha value is -3.02. The number of para-hydroxylation sites is 2. The molecular weight excluding hydrogens is 296 g/mol. The summed E-state index contributed by atoms with van der Waals surface area (Å²) in [7, 11) is 0. The summed E-state index contributed by atoms with van der Waals surface area (Å²) in [5, 5.41) is 2.87. The number of amides is 1. The lowest BCUT2D eigenvalue weighted by atomic mass is 10.1. The highest BCUT2D eigenvalue weighted by atomic mass is 16.7. The predicted octanol–water partition coefficient (Wildman–Crippen LogP) is 3.05. The number of benzene rings is 2. The Bertz CT molecular complexity index is 854. The van der Waals surface area contributed by atoms with E-state index in [2.05, 4.69) is 10.3 Å². The Balaban J connectivity index is 1.53. The van der Waals surface area contributed by atoms with Gasteiger partial charge in [0, 0.05) is 5.56 Å². The first kappa shape index (κ1) is 13.6. The summed E-state index contributed by atoms with van der Waals surface area (Å²) in [5.74, 6) is 1.47. The Kier molecular flexibility index (Phi) is 3.15. The van der Waals surface area contributed by atoms with Crippen molar-refractivity contribution in [3.8, 4) is 11.5 Å². The van der Waals surface area contributed by atoms with Crippen molar-refractivity contribution in [1.82, 2.24) is 10.3 Å².